The van der Waals surface area contributed by atoms with E-state index in [0.29, 0.717) is 10.0 Å². The fourth-order valence-electron chi connectivity index (χ4n) is 2.04. The Bertz CT molecular complexity index is 777. The summed E-state index contributed by atoms with van der Waals surface area (Å²) in [7, 11) is 1.41. The Kier molecular flexibility index (Phi) is 6.71. The second-order valence-corrected chi connectivity index (χ2v) is 7.74. The topological polar surface area (TPSA) is 93.1 Å². The maximum absolute atomic E-state index is 12.4. The van der Waals surface area contributed by atoms with Gasteiger partial charge in [0.2, 0.25) is 0 Å². The summed E-state index contributed by atoms with van der Waals surface area (Å²) in [5.74, 6) is -0.862. The fraction of sp³-hybridized carbons (Fsp3) is 0.353. The van der Waals surface area contributed by atoms with Gasteiger partial charge in [-0.05, 0) is 41.5 Å². The van der Waals surface area contributed by atoms with E-state index in [4.69, 9.17) is 9.47 Å². The van der Waals surface area contributed by atoms with Crippen LogP contribution in [0.2, 0.25) is 0 Å². The predicted molar refractivity (Wildman–Crippen MR) is 101 cm³/mol. The number of phenols is 1. The number of nitrogens with zero attached hydrogens (tertiary/aromatic N) is 1. The molecule has 1 aromatic rings. The van der Waals surface area contributed by atoms with Crippen molar-refractivity contribution in [3.8, 4) is 11.5 Å². The second-order valence-electron chi connectivity index (χ2n) is 5.89. The number of esters is 1. The van der Waals surface area contributed by atoms with Crippen LogP contribution in [0.1, 0.15) is 19.4 Å². The van der Waals surface area contributed by atoms with E-state index >= 15 is 0 Å². The van der Waals surface area contributed by atoms with Crippen LogP contribution < -0.4 is 4.74 Å². The molecule has 1 fully saturated rings. The first-order chi connectivity index (χ1) is 12.2. The molecule has 1 heterocycles. The third-order valence-electron chi connectivity index (χ3n) is 3.32. The summed E-state index contributed by atoms with van der Waals surface area (Å²) < 4.78 is 10.6. The van der Waals surface area contributed by atoms with E-state index in [9.17, 15) is 19.5 Å². The Morgan fingerprint density at radius 3 is 2.69 bits per heavy atom. The first-order valence-corrected chi connectivity index (χ1v) is 9.31. The Morgan fingerprint density at radius 2 is 2.08 bits per heavy atom. The van der Waals surface area contributed by atoms with Crippen LogP contribution >= 0.6 is 27.7 Å². The van der Waals surface area contributed by atoms with Gasteiger partial charge in [0, 0.05) is 4.47 Å². The highest BCUT2D eigenvalue weighted by Gasteiger charge is 2.36. The maximum Gasteiger partial charge on any atom is 0.326 e. The smallest absolute Gasteiger partial charge is 0.326 e. The SMILES string of the molecule is COc1cc(/C=C2\SC(=O)N(CC(=O)OCC(C)C)C2=O)c(Br)cc1O. The Hall–Kier alpha value is -2.00. The van der Waals surface area contributed by atoms with E-state index in [-0.39, 0.29) is 28.9 Å². The van der Waals surface area contributed by atoms with Gasteiger partial charge in [0.05, 0.1) is 18.6 Å². The van der Waals surface area contributed by atoms with Crippen molar-refractivity contribution < 1.29 is 29.0 Å². The van der Waals surface area contributed by atoms with E-state index in [1.807, 2.05) is 13.8 Å². The molecule has 0 saturated carbocycles. The summed E-state index contributed by atoms with van der Waals surface area (Å²) in [6.45, 7) is 3.58. The van der Waals surface area contributed by atoms with Crippen LogP contribution in [0, 0.1) is 5.92 Å². The van der Waals surface area contributed by atoms with Crippen molar-refractivity contribution in [2.24, 2.45) is 5.92 Å². The van der Waals surface area contributed by atoms with Crippen molar-refractivity contribution in [2.75, 3.05) is 20.3 Å². The minimum atomic E-state index is -0.630. The van der Waals surface area contributed by atoms with Crippen molar-refractivity contribution in [3.63, 3.8) is 0 Å². The lowest BCUT2D eigenvalue weighted by Gasteiger charge is -2.12. The number of amides is 2. The summed E-state index contributed by atoms with van der Waals surface area (Å²) in [5, 5.41) is 9.20. The predicted octanol–water partition coefficient (Wildman–Crippen LogP) is 3.40. The van der Waals surface area contributed by atoms with Crippen molar-refractivity contribution in [1.29, 1.82) is 0 Å². The highest BCUT2D eigenvalue weighted by Crippen LogP contribution is 2.37. The molecule has 0 unspecified atom stereocenters. The third kappa shape index (κ3) is 4.79. The quantitative estimate of drug-likeness (QED) is 0.531. The molecule has 1 N–H and O–H groups in total. The summed E-state index contributed by atoms with van der Waals surface area (Å²) in [4.78, 5) is 37.3. The highest BCUT2D eigenvalue weighted by atomic mass is 79.9. The normalized spacial score (nSPS) is 15.9. The average molecular weight is 444 g/mol. The number of benzene rings is 1. The molecule has 0 radical (unpaired) electrons. The molecule has 26 heavy (non-hydrogen) atoms. The van der Waals surface area contributed by atoms with E-state index in [1.165, 1.54) is 25.3 Å². The van der Waals surface area contributed by atoms with Gasteiger partial charge in [-0.15, -0.1) is 0 Å². The lowest BCUT2D eigenvalue weighted by molar-refractivity contribution is -0.147. The maximum atomic E-state index is 12.4. The van der Waals surface area contributed by atoms with Crippen molar-refractivity contribution in [3.05, 3.63) is 27.1 Å². The van der Waals surface area contributed by atoms with Crippen LogP contribution in [0.5, 0.6) is 11.5 Å². The summed E-state index contributed by atoms with van der Waals surface area (Å²) in [6.07, 6.45) is 1.50. The van der Waals surface area contributed by atoms with Crippen LogP contribution in [0.4, 0.5) is 4.79 Å². The first kappa shape index (κ1) is 20.3. The lowest BCUT2D eigenvalue weighted by Crippen LogP contribution is -2.34. The van der Waals surface area contributed by atoms with Gasteiger partial charge in [-0.1, -0.05) is 29.8 Å². The van der Waals surface area contributed by atoms with Gasteiger partial charge in [0.15, 0.2) is 11.5 Å². The van der Waals surface area contributed by atoms with Crippen molar-refractivity contribution >= 4 is 50.9 Å². The molecule has 0 atom stereocenters. The summed E-state index contributed by atoms with van der Waals surface area (Å²) in [5.41, 5.74) is 0.549. The molecule has 0 aromatic heterocycles. The van der Waals surface area contributed by atoms with Crippen LogP contribution in [0.15, 0.2) is 21.5 Å². The second kappa shape index (κ2) is 8.59. The van der Waals surface area contributed by atoms with Crippen LogP contribution in [-0.2, 0) is 14.3 Å². The van der Waals surface area contributed by atoms with Gasteiger partial charge < -0.3 is 14.6 Å². The monoisotopic (exact) mass is 443 g/mol. The number of phenolic OH excluding ortho intramolecular Hbond substituents is 1. The molecule has 7 nitrogen and oxygen atoms in total. The Morgan fingerprint density at radius 1 is 1.38 bits per heavy atom. The van der Waals surface area contributed by atoms with Crippen LogP contribution in [0.3, 0.4) is 0 Å². The van der Waals surface area contributed by atoms with Crippen LogP contribution in [0.25, 0.3) is 6.08 Å². The van der Waals surface area contributed by atoms with Gasteiger partial charge in [-0.2, -0.15) is 0 Å². The zero-order valence-electron chi connectivity index (χ0n) is 14.4. The minimum absolute atomic E-state index is 0.0578. The largest absolute Gasteiger partial charge is 0.504 e. The van der Waals surface area contributed by atoms with Crippen molar-refractivity contribution in [1.82, 2.24) is 4.90 Å². The number of methoxy groups -OCH3 is 1. The molecule has 1 saturated heterocycles. The van der Waals surface area contributed by atoms with Gasteiger partial charge in [-0.3, -0.25) is 19.3 Å². The standard InChI is InChI=1S/C17H18BrNO6S/c1-9(2)8-25-15(21)7-19-16(22)14(26-17(19)23)5-10-4-13(24-3)12(20)6-11(10)18/h4-6,9,20H,7-8H2,1-3H3/b14-5-. The number of carbonyl (C=O) groups excluding carboxylic acids is 3. The molecule has 9 heteroatoms. The summed E-state index contributed by atoms with van der Waals surface area (Å²) >= 11 is 4.02. The number of rotatable bonds is 6. The Labute approximate surface area is 163 Å². The number of imide groups is 1. The van der Waals surface area contributed by atoms with E-state index < -0.39 is 23.7 Å². The molecule has 1 aliphatic rings. The number of hydrogen-bond donors (Lipinski definition) is 1. The van der Waals surface area contributed by atoms with E-state index in [1.54, 1.807) is 0 Å². The van der Waals surface area contributed by atoms with E-state index in [0.717, 1.165) is 16.7 Å². The van der Waals surface area contributed by atoms with Gasteiger partial charge in [0.1, 0.15) is 6.54 Å². The molecular weight excluding hydrogens is 426 g/mol. The average Bonchev–Trinajstić information content (AvgIpc) is 2.83. The molecular formula is C17H18BrNO6S. The molecule has 2 rings (SSSR count). The number of thioether (sulfide) groups is 1. The molecule has 1 aliphatic heterocycles. The van der Waals surface area contributed by atoms with Crippen LogP contribution in [-0.4, -0.2) is 47.4 Å². The van der Waals surface area contributed by atoms with E-state index in [2.05, 4.69) is 15.9 Å². The zero-order valence-corrected chi connectivity index (χ0v) is 16.8. The molecule has 0 bridgehead atoms. The minimum Gasteiger partial charge on any atom is -0.504 e. The van der Waals surface area contributed by atoms with Crippen molar-refractivity contribution in [2.45, 2.75) is 13.8 Å². The number of carbonyl (C=O) groups is 3. The lowest BCUT2D eigenvalue weighted by atomic mass is 10.2. The fourth-order valence-corrected chi connectivity index (χ4v) is 3.32. The van der Waals surface area contributed by atoms with Gasteiger partial charge in [0.25, 0.3) is 11.1 Å². The Balaban J connectivity index is 2.18. The number of hydrogen-bond acceptors (Lipinski definition) is 7. The number of aromatic hydroxyl groups is 1. The first-order valence-electron chi connectivity index (χ1n) is 7.70. The molecule has 0 aliphatic carbocycles. The molecule has 2 amide bonds. The molecule has 0 spiro atoms. The summed E-state index contributed by atoms with van der Waals surface area (Å²) in [6, 6.07) is 2.96. The van der Waals surface area contributed by atoms with Gasteiger partial charge >= 0.3 is 5.97 Å². The zero-order chi connectivity index (χ0) is 19.4. The molecule has 140 valence electrons. The molecule has 1 aromatic carbocycles. The van der Waals surface area contributed by atoms with Gasteiger partial charge in [-0.25, -0.2) is 0 Å². The third-order valence-corrected chi connectivity index (χ3v) is 4.92. The highest BCUT2D eigenvalue weighted by molar-refractivity contribution is 9.10. The number of halogens is 1. The number of ether oxygens (including phenoxy) is 2.